The van der Waals surface area contributed by atoms with Gasteiger partial charge in [-0.3, -0.25) is 9.78 Å². The van der Waals surface area contributed by atoms with Crippen LogP contribution < -0.4 is 15.8 Å². The number of nitrogen functional groups attached to an aromatic ring is 1. The molecule has 3 N–H and O–H groups in total. The lowest BCUT2D eigenvalue weighted by Crippen LogP contribution is -2.20. The summed E-state index contributed by atoms with van der Waals surface area (Å²) in [6, 6.07) is 8.88. The summed E-state index contributed by atoms with van der Waals surface area (Å²) >= 11 is 0. The summed E-state index contributed by atoms with van der Waals surface area (Å²) in [4.78, 5) is 15.7. The SMILES string of the molecule is Cc1cncc(NC(=O)COc2ccccc2N)c1. The molecule has 1 heterocycles. The molecule has 0 saturated carbocycles. The van der Waals surface area contributed by atoms with Gasteiger partial charge in [-0.25, -0.2) is 0 Å². The van der Waals surface area contributed by atoms with Gasteiger partial charge < -0.3 is 15.8 Å². The topological polar surface area (TPSA) is 77.2 Å². The fraction of sp³-hybridized carbons (Fsp3) is 0.143. The summed E-state index contributed by atoms with van der Waals surface area (Å²) in [7, 11) is 0. The van der Waals surface area contributed by atoms with Gasteiger partial charge in [-0.1, -0.05) is 12.1 Å². The van der Waals surface area contributed by atoms with Crippen molar-refractivity contribution in [2.24, 2.45) is 0 Å². The third kappa shape index (κ3) is 3.70. The molecule has 5 nitrogen and oxygen atoms in total. The van der Waals surface area contributed by atoms with E-state index in [-0.39, 0.29) is 12.5 Å². The van der Waals surface area contributed by atoms with Gasteiger partial charge in [0.1, 0.15) is 5.75 Å². The van der Waals surface area contributed by atoms with Crippen molar-refractivity contribution < 1.29 is 9.53 Å². The van der Waals surface area contributed by atoms with Crippen LogP contribution >= 0.6 is 0 Å². The van der Waals surface area contributed by atoms with Crippen LogP contribution in [0.5, 0.6) is 5.75 Å². The van der Waals surface area contributed by atoms with Crippen LogP contribution in [-0.4, -0.2) is 17.5 Å². The zero-order valence-electron chi connectivity index (χ0n) is 10.6. The highest BCUT2D eigenvalue weighted by Crippen LogP contribution is 2.19. The first-order chi connectivity index (χ1) is 9.15. The quantitative estimate of drug-likeness (QED) is 0.821. The van der Waals surface area contributed by atoms with E-state index in [4.69, 9.17) is 10.5 Å². The van der Waals surface area contributed by atoms with Crippen LogP contribution in [0.3, 0.4) is 0 Å². The minimum Gasteiger partial charge on any atom is -0.482 e. The van der Waals surface area contributed by atoms with Crippen LogP contribution in [0.1, 0.15) is 5.56 Å². The molecule has 98 valence electrons. The van der Waals surface area contributed by atoms with Gasteiger partial charge in [0.25, 0.3) is 5.91 Å². The molecule has 0 bridgehead atoms. The maximum absolute atomic E-state index is 11.7. The summed E-state index contributed by atoms with van der Waals surface area (Å²) in [5.41, 5.74) is 7.85. The molecule has 0 aliphatic heterocycles. The molecule has 2 rings (SSSR count). The molecule has 0 aliphatic carbocycles. The largest absolute Gasteiger partial charge is 0.482 e. The average molecular weight is 257 g/mol. The molecule has 0 atom stereocenters. The zero-order valence-corrected chi connectivity index (χ0v) is 10.6. The summed E-state index contributed by atoms with van der Waals surface area (Å²) in [6.45, 7) is 1.81. The second-order valence-corrected chi connectivity index (χ2v) is 4.13. The minimum absolute atomic E-state index is 0.0951. The third-order valence-electron chi connectivity index (χ3n) is 2.44. The number of anilines is 2. The molecule has 2 aromatic rings. The molecule has 0 unspecified atom stereocenters. The van der Waals surface area contributed by atoms with Crippen molar-refractivity contribution in [2.45, 2.75) is 6.92 Å². The molecule has 0 spiro atoms. The van der Waals surface area contributed by atoms with Crippen molar-refractivity contribution in [1.29, 1.82) is 0 Å². The maximum atomic E-state index is 11.7. The number of aromatic nitrogens is 1. The third-order valence-corrected chi connectivity index (χ3v) is 2.44. The average Bonchev–Trinajstić information content (AvgIpc) is 2.38. The van der Waals surface area contributed by atoms with E-state index in [0.717, 1.165) is 5.56 Å². The number of nitrogens with one attached hydrogen (secondary N) is 1. The summed E-state index contributed by atoms with van der Waals surface area (Å²) in [5.74, 6) is 0.246. The summed E-state index contributed by atoms with van der Waals surface area (Å²) < 4.78 is 5.34. The predicted molar refractivity (Wildman–Crippen MR) is 74.0 cm³/mol. The Hall–Kier alpha value is -2.56. The van der Waals surface area contributed by atoms with Gasteiger partial charge in [-0.05, 0) is 30.7 Å². The standard InChI is InChI=1S/C14H15N3O2/c1-10-6-11(8-16-7-10)17-14(18)9-19-13-5-3-2-4-12(13)15/h2-8H,9,15H2,1H3,(H,17,18). The Labute approximate surface area is 111 Å². The molecule has 0 fully saturated rings. The fourth-order valence-electron chi connectivity index (χ4n) is 1.58. The van der Waals surface area contributed by atoms with Crippen molar-refractivity contribution in [3.05, 3.63) is 48.3 Å². The van der Waals surface area contributed by atoms with Gasteiger partial charge in [0, 0.05) is 6.20 Å². The second-order valence-electron chi connectivity index (χ2n) is 4.13. The Morgan fingerprint density at radius 3 is 2.89 bits per heavy atom. The molecular formula is C14H15N3O2. The molecule has 0 radical (unpaired) electrons. The molecule has 1 amide bonds. The molecule has 0 saturated heterocycles. The smallest absolute Gasteiger partial charge is 0.262 e. The van der Waals surface area contributed by atoms with E-state index in [9.17, 15) is 4.79 Å². The van der Waals surface area contributed by atoms with Crippen molar-refractivity contribution in [3.63, 3.8) is 0 Å². The molecule has 0 aliphatic rings. The van der Waals surface area contributed by atoms with E-state index in [1.54, 1.807) is 36.7 Å². The lowest BCUT2D eigenvalue weighted by molar-refractivity contribution is -0.118. The Kier molecular flexibility index (Phi) is 3.97. The number of hydrogen-bond acceptors (Lipinski definition) is 4. The highest BCUT2D eigenvalue weighted by molar-refractivity contribution is 5.91. The van der Waals surface area contributed by atoms with Gasteiger partial charge in [0.15, 0.2) is 6.61 Å². The number of nitrogens with zero attached hydrogens (tertiary/aromatic N) is 1. The highest BCUT2D eigenvalue weighted by atomic mass is 16.5. The molecular weight excluding hydrogens is 242 g/mol. The second kappa shape index (κ2) is 5.86. The summed E-state index contributed by atoms with van der Waals surface area (Å²) in [6.07, 6.45) is 3.30. The first-order valence-electron chi connectivity index (χ1n) is 5.84. The Balaban J connectivity index is 1.90. The van der Waals surface area contributed by atoms with E-state index in [1.165, 1.54) is 0 Å². The highest BCUT2D eigenvalue weighted by Gasteiger charge is 2.05. The first kappa shape index (κ1) is 12.9. The normalized spacial score (nSPS) is 9.95. The van der Waals surface area contributed by atoms with Crippen molar-refractivity contribution >= 4 is 17.3 Å². The van der Waals surface area contributed by atoms with Crippen LogP contribution in [0.15, 0.2) is 42.7 Å². The van der Waals surface area contributed by atoms with E-state index < -0.39 is 0 Å². The van der Waals surface area contributed by atoms with E-state index in [2.05, 4.69) is 10.3 Å². The number of hydrogen-bond donors (Lipinski definition) is 2. The number of benzene rings is 1. The lowest BCUT2D eigenvalue weighted by atomic mass is 10.3. The predicted octanol–water partition coefficient (Wildman–Crippen LogP) is 1.99. The number of para-hydroxylation sites is 2. The van der Waals surface area contributed by atoms with E-state index in [0.29, 0.717) is 17.1 Å². The number of carbonyl (C=O) groups excluding carboxylic acids is 1. The zero-order chi connectivity index (χ0) is 13.7. The summed E-state index contributed by atoms with van der Waals surface area (Å²) in [5, 5.41) is 2.71. The van der Waals surface area contributed by atoms with Gasteiger partial charge in [-0.2, -0.15) is 0 Å². The number of rotatable bonds is 4. The molecule has 1 aromatic carbocycles. The fourth-order valence-corrected chi connectivity index (χ4v) is 1.58. The number of aryl methyl sites for hydroxylation is 1. The van der Waals surface area contributed by atoms with Crippen LogP contribution in [0.25, 0.3) is 0 Å². The molecule has 19 heavy (non-hydrogen) atoms. The van der Waals surface area contributed by atoms with Gasteiger partial charge >= 0.3 is 0 Å². The number of ether oxygens (including phenoxy) is 1. The van der Waals surface area contributed by atoms with Gasteiger partial charge in [0.2, 0.25) is 0 Å². The van der Waals surface area contributed by atoms with E-state index >= 15 is 0 Å². The Bertz CT molecular complexity index is 584. The number of nitrogens with two attached hydrogens (primary N) is 1. The van der Waals surface area contributed by atoms with Crippen LogP contribution in [0.4, 0.5) is 11.4 Å². The van der Waals surface area contributed by atoms with Crippen molar-refractivity contribution in [2.75, 3.05) is 17.7 Å². The van der Waals surface area contributed by atoms with Crippen molar-refractivity contribution in [1.82, 2.24) is 4.98 Å². The molecule has 1 aromatic heterocycles. The lowest BCUT2D eigenvalue weighted by Gasteiger charge is -2.09. The first-order valence-corrected chi connectivity index (χ1v) is 5.84. The molecule has 5 heteroatoms. The van der Waals surface area contributed by atoms with Crippen LogP contribution in [0.2, 0.25) is 0 Å². The number of amides is 1. The Morgan fingerprint density at radius 2 is 2.16 bits per heavy atom. The monoisotopic (exact) mass is 257 g/mol. The van der Waals surface area contributed by atoms with Crippen molar-refractivity contribution in [3.8, 4) is 5.75 Å². The van der Waals surface area contributed by atoms with Gasteiger partial charge in [0.05, 0.1) is 17.6 Å². The minimum atomic E-state index is -0.254. The van der Waals surface area contributed by atoms with Crippen LogP contribution in [-0.2, 0) is 4.79 Å². The number of pyridine rings is 1. The maximum Gasteiger partial charge on any atom is 0.262 e. The van der Waals surface area contributed by atoms with Crippen LogP contribution in [0, 0.1) is 6.92 Å². The van der Waals surface area contributed by atoms with E-state index in [1.807, 2.05) is 13.0 Å². The Morgan fingerprint density at radius 1 is 1.37 bits per heavy atom. The van der Waals surface area contributed by atoms with Gasteiger partial charge in [-0.15, -0.1) is 0 Å². The number of carbonyl (C=O) groups is 1.